The summed E-state index contributed by atoms with van der Waals surface area (Å²) in [5, 5.41) is 4.76. The predicted molar refractivity (Wildman–Crippen MR) is 72.0 cm³/mol. The average Bonchev–Trinajstić information content (AvgIpc) is 2.40. The Bertz CT molecular complexity index is 479. The van der Waals surface area contributed by atoms with Gasteiger partial charge < -0.3 is 15.8 Å². The van der Waals surface area contributed by atoms with Crippen LogP contribution in [0.2, 0.25) is 5.02 Å². The molecule has 0 spiro atoms. The van der Waals surface area contributed by atoms with E-state index in [1.807, 2.05) is 0 Å². The van der Waals surface area contributed by atoms with Gasteiger partial charge >= 0.3 is 6.03 Å². The van der Waals surface area contributed by atoms with E-state index in [0.29, 0.717) is 16.3 Å². The second kappa shape index (κ2) is 6.96. The van der Waals surface area contributed by atoms with E-state index in [9.17, 15) is 9.59 Å². The Morgan fingerprint density at radius 2 is 2.16 bits per heavy atom. The van der Waals surface area contributed by atoms with Crippen LogP contribution in [0.5, 0.6) is 5.75 Å². The van der Waals surface area contributed by atoms with Crippen LogP contribution in [-0.2, 0) is 11.3 Å². The van der Waals surface area contributed by atoms with Crippen molar-refractivity contribution < 1.29 is 14.3 Å². The first-order valence-corrected chi connectivity index (χ1v) is 6.04. The van der Waals surface area contributed by atoms with Gasteiger partial charge in [0.05, 0.1) is 5.02 Å². The summed E-state index contributed by atoms with van der Waals surface area (Å²) in [6.45, 7) is 1.75. The van der Waals surface area contributed by atoms with Crippen molar-refractivity contribution in [1.29, 1.82) is 0 Å². The lowest BCUT2D eigenvalue weighted by molar-refractivity contribution is -0.126. The van der Waals surface area contributed by atoms with Crippen LogP contribution in [0.3, 0.4) is 0 Å². The molecule has 0 heterocycles. The highest BCUT2D eigenvalue weighted by Crippen LogP contribution is 2.29. The van der Waals surface area contributed by atoms with Gasteiger partial charge in [-0.2, -0.15) is 0 Å². The maximum Gasteiger partial charge on any atom is 0.321 e. The van der Waals surface area contributed by atoms with Crippen molar-refractivity contribution in [3.63, 3.8) is 0 Å². The zero-order chi connectivity index (χ0) is 14.4. The van der Waals surface area contributed by atoms with Crippen molar-refractivity contribution >= 4 is 23.5 Å². The molecule has 0 radical (unpaired) electrons. The van der Waals surface area contributed by atoms with Crippen molar-refractivity contribution in [2.24, 2.45) is 5.73 Å². The van der Waals surface area contributed by atoms with Gasteiger partial charge in [0, 0.05) is 19.2 Å². The van der Waals surface area contributed by atoms with E-state index in [4.69, 9.17) is 22.1 Å². The zero-order valence-corrected chi connectivity index (χ0v) is 11.5. The van der Waals surface area contributed by atoms with Gasteiger partial charge in [0.1, 0.15) is 5.75 Å². The van der Waals surface area contributed by atoms with Gasteiger partial charge in [0.25, 0.3) is 5.91 Å². The molecule has 3 amide bonds. The third kappa shape index (κ3) is 4.11. The number of carbonyl (C=O) groups is 2. The average molecular weight is 286 g/mol. The van der Waals surface area contributed by atoms with Gasteiger partial charge in [-0.15, -0.1) is 0 Å². The van der Waals surface area contributed by atoms with Crippen molar-refractivity contribution in [1.82, 2.24) is 10.6 Å². The van der Waals surface area contributed by atoms with Gasteiger partial charge in [-0.25, -0.2) is 4.79 Å². The third-order valence-electron chi connectivity index (χ3n) is 2.40. The summed E-state index contributed by atoms with van der Waals surface area (Å²) in [7, 11) is 1.41. The molecule has 0 aliphatic carbocycles. The van der Waals surface area contributed by atoms with E-state index in [1.54, 1.807) is 18.2 Å². The van der Waals surface area contributed by atoms with Crippen LogP contribution in [0, 0.1) is 0 Å². The highest BCUT2D eigenvalue weighted by atomic mass is 35.5. The molecule has 6 nitrogen and oxygen atoms in total. The number of nitrogens with two attached hydrogens (primary N) is 1. The van der Waals surface area contributed by atoms with Crippen LogP contribution in [0.15, 0.2) is 18.2 Å². The Morgan fingerprint density at radius 3 is 2.74 bits per heavy atom. The van der Waals surface area contributed by atoms with Gasteiger partial charge in [-0.05, 0) is 13.0 Å². The van der Waals surface area contributed by atoms with Crippen LogP contribution in [0.4, 0.5) is 4.79 Å². The molecule has 0 bridgehead atoms. The van der Waals surface area contributed by atoms with Crippen LogP contribution < -0.4 is 21.1 Å². The molecular weight excluding hydrogens is 270 g/mol. The standard InChI is InChI=1S/C12H16ClN3O3/c1-7(11(17)16-12(18)15-2)19-10-8(6-14)4-3-5-9(10)13/h3-5,7H,6,14H2,1-2H3,(H2,15,16,17,18). The van der Waals surface area contributed by atoms with Crippen molar-refractivity contribution in [2.45, 2.75) is 19.6 Å². The fourth-order valence-corrected chi connectivity index (χ4v) is 1.59. The number of benzene rings is 1. The molecule has 104 valence electrons. The Morgan fingerprint density at radius 1 is 1.47 bits per heavy atom. The molecule has 1 atom stereocenters. The number of rotatable bonds is 4. The van der Waals surface area contributed by atoms with E-state index < -0.39 is 18.0 Å². The summed E-state index contributed by atoms with van der Waals surface area (Å²) in [6.07, 6.45) is -0.873. The fraction of sp³-hybridized carbons (Fsp3) is 0.333. The molecule has 0 fully saturated rings. The Balaban J connectivity index is 2.79. The molecule has 1 aromatic rings. The van der Waals surface area contributed by atoms with E-state index in [-0.39, 0.29) is 6.54 Å². The maximum absolute atomic E-state index is 11.7. The summed E-state index contributed by atoms with van der Waals surface area (Å²) in [5.41, 5.74) is 6.26. The number of hydrogen-bond acceptors (Lipinski definition) is 4. The largest absolute Gasteiger partial charge is 0.479 e. The lowest BCUT2D eigenvalue weighted by Crippen LogP contribution is -2.44. The molecule has 0 saturated heterocycles. The van der Waals surface area contributed by atoms with Crippen molar-refractivity contribution in [3.05, 3.63) is 28.8 Å². The minimum absolute atomic E-state index is 0.236. The number of ether oxygens (including phenoxy) is 1. The highest BCUT2D eigenvalue weighted by molar-refractivity contribution is 6.32. The monoisotopic (exact) mass is 285 g/mol. The summed E-state index contributed by atoms with van der Waals surface area (Å²) in [6, 6.07) is 4.54. The minimum Gasteiger partial charge on any atom is -0.479 e. The maximum atomic E-state index is 11.7. The topological polar surface area (TPSA) is 93.5 Å². The van der Waals surface area contributed by atoms with Gasteiger partial charge in [0.15, 0.2) is 6.10 Å². The first-order valence-electron chi connectivity index (χ1n) is 5.66. The molecule has 0 aromatic heterocycles. The molecule has 0 aliphatic rings. The molecule has 0 aliphatic heterocycles. The van der Waals surface area contributed by atoms with Crippen molar-refractivity contribution in [2.75, 3.05) is 7.05 Å². The van der Waals surface area contributed by atoms with E-state index in [0.717, 1.165) is 0 Å². The molecule has 7 heteroatoms. The minimum atomic E-state index is -0.873. The SMILES string of the molecule is CNC(=O)NC(=O)C(C)Oc1c(Cl)cccc1CN. The third-order valence-corrected chi connectivity index (χ3v) is 2.69. The van der Waals surface area contributed by atoms with Gasteiger partial charge in [0.2, 0.25) is 0 Å². The fourth-order valence-electron chi connectivity index (χ4n) is 1.35. The van der Waals surface area contributed by atoms with Crippen LogP contribution >= 0.6 is 11.6 Å². The molecule has 0 saturated carbocycles. The summed E-state index contributed by atoms with van der Waals surface area (Å²) < 4.78 is 5.47. The lowest BCUT2D eigenvalue weighted by atomic mass is 10.2. The smallest absolute Gasteiger partial charge is 0.321 e. The van der Waals surface area contributed by atoms with Gasteiger partial charge in [-0.3, -0.25) is 10.1 Å². The van der Waals surface area contributed by atoms with Crippen LogP contribution in [0.1, 0.15) is 12.5 Å². The Hall–Kier alpha value is -1.79. The lowest BCUT2D eigenvalue weighted by Gasteiger charge is -2.17. The number of carbonyl (C=O) groups excluding carboxylic acids is 2. The number of imide groups is 1. The van der Waals surface area contributed by atoms with Crippen molar-refractivity contribution in [3.8, 4) is 5.75 Å². The number of nitrogens with one attached hydrogen (secondary N) is 2. The summed E-state index contributed by atoms with van der Waals surface area (Å²) in [5.74, 6) is -0.214. The molecule has 1 aromatic carbocycles. The van der Waals surface area contributed by atoms with E-state index >= 15 is 0 Å². The first kappa shape index (κ1) is 15.3. The first-order chi connectivity index (χ1) is 8.99. The molecule has 4 N–H and O–H groups in total. The highest BCUT2D eigenvalue weighted by Gasteiger charge is 2.19. The number of urea groups is 1. The van der Waals surface area contributed by atoms with Crippen LogP contribution in [0.25, 0.3) is 0 Å². The zero-order valence-electron chi connectivity index (χ0n) is 10.7. The normalized spacial score (nSPS) is 11.6. The number of para-hydroxylation sites is 1. The molecule has 19 heavy (non-hydrogen) atoms. The number of hydrogen-bond donors (Lipinski definition) is 3. The van der Waals surface area contributed by atoms with E-state index in [2.05, 4.69) is 10.6 Å². The second-order valence-corrected chi connectivity index (χ2v) is 4.17. The van der Waals surface area contributed by atoms with Gasteiger partial charge in [-0.1, -0.05) is 23.7 Å². The Labute approximate surface area is 116 Å². The second-order valence-electron chi connectivity index (χ2n) is 3.76. The summed E-state index contributed by atoms with van der Waals surface area (Å²) in [4.78, 5) is 22.7. The molecule has 1 rings (SSSR count). The number of halogens is 1. The predicted octanol–water partition coefficient (Wildman–Crippen LogP) is 1.02. The summed E-state index contributed by atoms with van der Waals surface area (Å²) >= 11 is 6.00. The molecular formula is C12H16ClN3O3. The molecule has 1 unspecified atom stereocenters. The van der Waals surface area contributed by atoms with Crippen LogP contribution in [-0.4, -0.2) is 25.1 Å². The Kier molecular flexibility index (Phi) is 5.59. The number of amides is 3. The van der Waals surface area contributed by atoms with E-state index in [1.165, 1.54) is 14.0 Å². The quantitative estimate of drug-likeness (QED) is 0.770.